The molecule has 1 aliphatic heterocycles. The predicted molar refractivity (Wildman–Crippen MR) is 101 cm³/mol. The van der Waals surface area contributed by atoms with Gasteiger partial charge in [-0.2, -0.15) is 0 Å². The van der Waals surface area contributed by atoms with Gasteiger partial charge in [0.15, 0.2) is 0 Å². The Morgan fingerprint density at radius 1 is 1.19 bits per heavy atom. The summed E-state index contributed by atoms with van der Waals surface area (Å²) in [5, 5.41) is 7.29. The Hall–Kier alpha value is -2.12. The maximum absolute atomic E-state index is 5.27. The van der Waals surface area contributed by atoms with Crippen LogP contribution < -0.4 is 0 Å². The lowest BCUT2D eigenvalue weighted by Gasteiger charge is -2.31. The smallest absolute Gasteiger partial charge is 0.143 e. The van der Waals surface area contributed by atoms with Gasteiger partial charge in [0.2, 0.25) is 0 Å². The summed E-state index contributed by atoms with van der Waals surface area (Å²) in [4.78, 5) is 15.8. The molecule has 3 aromatic rings. The molecule has 0 bridgehead atoms. The summed E-state index contributed by atoms with van der Waals surface area (Å²) in [6, 6.07) is 2.09. The quantitative estimate of drug-likeness (QED) is 0.684. The summed E-state index contributed by atoms with van der Waals surface area (Å²) < 4.78 is 5.27. The molecule has 0 spiro atoms. The van der Waals surface area contributed by atoms with Crippen LogP contribution >= 0.6 is 11.3 Å². The van der Waals surface area contributed by atoms with Crippen molar-refractivity contribution in [3.63, 3.8) is 0 Å². The second-order valence-electron chi connectivity index (χ2n) is 6.94. The molecule has 1 aliphatic rings. The second kappa shape index (κ2) is 7.63. The average molecular weight is 369 g/mol. The van der Waals surface area contributed by atoms with E-state index in [2.05, 4.69) is 31.1 Å². The normalized spacial score (nSPS) is 16.2. The van der Waals surface area contributed by atoms with E-state index in [0.29, 0.717) is 5.92 Å². The van der Waals surface area contributed by atoms with E-state index in [0.717, 1.165) is 54.5 Å². The summed E-state index contributed by atoms with van der Waals surface area (Å²) in [6.45, 7) is 7.12. The second-order valence-corrected chi connectivity index (χ2v) is 7.92. The number of hydrogen-bond donors (Lipinski definition) is 0. The Kier molecular flexibility index (Phi) is 5.08. The van der Waals surface area contributed by atoms with Crippen LogP contribution in [0.1, 0.15) is 35.0 Å². The molecule has 0 amide bonds. The van der Waals surface area contributed by atoms with Crippen LogP contribution in [-0.2, 0) is 13.0 Å². The van der Waals surface area contributed by atoms with Crippen molar-refractivity contribution in [1.82, 2.24) is 25.0 Å². The molecular weight excluding hydrogens is 346 g/mol. The lowest BCUT2D eigenvalue weighted by atomic mass is 9.91. The molecule has 7 heteroatoms. The SMILES string of the molecule is Cc1noc(C)c1-c1cc(CC2CCN(Cc3nccs3)CC2)ncn1. The third-order valence-electron chi connectivity index (χ3n) is 5.06. The van der Waals surface area contributed by atoms with E-state index in [1.54, 1.807) is 17.7 Å². The monoisotopic (exact) mass is 369 g/mol. The minimum Gasteiger partial charge on any atom is -0.361 e. The van der Waals surface area contributed by atoms with Crippen molar-refractivity contribution in [3.8, 4) is 11.3 Å². The number of aromatic nitrogens is 4. The summed E-state index contributed by atoms with van der Waals surface area (Å²) in [7, 11) is 0. The Morgan fingerprint density at radius 2 is 2.04 bits per heavy atom. The predicted octanol–water partition coefficient (Wildman–Crippen LogP) is 3.66. The molecule has 6 nitrogen and oxygen atoms in total. The summed E-state index contributed by atoms with van der Waals surface area (Å²) in [5.74, 6) is 1.48. The lowest BCUT2D eigenvalue weighted by Crippen LogP contribution is -2.33. The molecule has 4 rings (SSSR count). The fourth-order valence-electron chi connectivity index (χ4n) is 3.66. The first-order valence-corrected chi connectivity index (χ1v) is 9.92. The molecule has 136 valence electrons. The molecule has 26 heavy (non-hydrogen) atoms. The maximum atomic E-state index is 5.27. The third kappa shape index (κ3) is 3.83. The molecule has 0 aliphatic carbocycles. The van der Waals surface area contributed by atoms with Gasteiger partial charge in [-0.05, 0) is 58.2 Å². The summed E-state index contributed by atoms with van der Waals surface area (Å²) in [5.41, 5.74) is 3.88. The maximum Gasteiger partial charge on any atom is 0.143 e. The molecule has 0 atom stereocenters. The molecule has 0 aromatic carbocycles. The number of hydrogen-bond acceptors (Lipinski definition) is 7. The van der Waals surface area contributed by atoms with Gasteiger partial charge in [0, 0.05) is 17.3 Å². The fourth-order valence-corrected chi connectivity index (χ4v) is 4.32. The van der Waals surface area contributed by atoms with E-state index in [1.165, 1.54) is 17.8 Å². The molecule has 4 heterocycles. The van der Waals surface area contributed by atoms with Crippen molar-refractivity contribution in [2.45, 2.75) is 39.7 Å². The Balaban J connectivity index is 1.37. The van der Waals surface area contributed by atoms with Crippen LogP contribution in [0.5, 0.6) is 0 Å². The van der Waals surface area contributed by atoms with E-state index < -0.39 is 0 Å². The Bertz CT molecular complexity index is 833. The van der Waals surface area contributed by atoms with Gasteiger partial charge in [0.1, 0.15) is 17.1 Å². The summed E-state index contributed by atoms with van der Waals surface area (Å²) >= 11 is 1.74. The van der Waals surface area contributed by atoms with Gasteiger partial charge in [-0.1, -0.05) is 5.16 Å². The van der Waals surface area contributed by atoms with Crippen molar-refractivity contribution < 1.29 is 4.52 Å². The highest BCUT2D eigenvalue weighted by molar-refractivity contribution is 7.09. The number of aryl methyl sites for hydroxylation is 2. The van der Waals surface area contributed by atoms with E-state index in [-0.39, 0.29) is 0 Å². The largest absolute Gasteiger partial charge is 0.361 e. The van der Waals surface area contributed by atoms with Gasteiger partial charge in [-0.15, -0.1) is 11.3 Å². The topological polar surface area (TPSA) is 67.9 Å². The van der Waals surface area contributed by atoms with Crippen LogP contribution in [0, 0.1) is 19.8 Å². The number of likely N-dealkylation sites (tertiary alicyclic amines) is 1. The van der Waals surface area contributed by atoms with Gasteiger partial charge >= 0.3 is 0 Å². The van der Waals surface area contributed by atoms with Crippen molar-refractivity contribution in [1.29, 1.82) is 0 Å². The van der Waals surface area contributed by atoms with Crippen molar-refractivity contribution in [3.05, 3.63) is 46.1 Å². The standard InChI is InChI=1S/C19H23N5OS/c1-13-19(14(2)25-23-13)17-10-16(21-12-22-17)9-15-3-6-24(7-4-15)11-18-20-5-8-26-18/h5,8,10,12,15H,3-4,6-7,9,11H2,1-2H3. The fraction of sp³-hybridized carbons (Fsp3) is 0.474. The highest BCUT2D eigenvalue weighted by Gasteiger charge is 2.21. The Labute approximate surface area is 157 Å². The Morgan fingerprint density at radius 3 is 2.73 bits per heavy atom. The molecule has 0 radical (unpaired) electrons. The van der Waals surface area contributed by atoms with E-state index >= 15 is 0 Å². The van der Waals surface area contributed by atoms with E-state index in [9.17, 15) is 0 Å². The first-order chi connectivity index (χ1) is 12.7. The lowest BCUT2D eigenvalue weighted by molar-refractivity contribution is 0.176. The molecule has 1 saturated heterocycles. The molecule has 0 saturated carbocycles. The van der Waals surface area contributed by atoms with Crippen LogP contribution in [0.2, 0.25) is 0 Å². The first-order valence-electron chi connectivity index (χ1n) is 9.04. The molecule has 1 fully saturated rings. The van der Waals surface area contributed by atoms with Gasteiger partial charge < -0.3 is 4.52 Å². The molecule has 0 N–H and O–H groups in total. The summed E-state index contributed by atoms with van der Waals surface area (Å²) in [6.07, 6.45) is 6.96. The van der Waals surface area contributed by atoms with Gasteiger partial charge in [-0.25, -0.2) is 15.0 Å². The van der Waals surface area contributed by atoms with Crippen LogP contribution in [0.15, 0.2) is 28.5 Å². The van der Waals surface area contributed by atoms with Crippen LogP contribution in [0.3, 0.4) is 0 Å². The van der Waals surface area contributed by atoms with Crippen molar-refractivity contribution in [2.24, 2.45) is 5.92 Å². The van der Waals surface area contributed by atoms with Crippen LogP contribution in [0.25, 0.3) is 11.3 Å². The highest BCUT2D eigenvalue weighted by atomic mass is 32.1. The average Bonchev–Trinajstić information content (AvgIpc) is 3.27. The van der Waals surface area contributed by atoms with Crippen LogP contribution in [0.4, 0.5) is 0 Å². The van der Waals surface area contributed by atoms with E-state index in [1.807, 2.05) is 25.4 Å². The van der Waals surface area contributed by atoms with Crippen LogP contribution in [-0.4, -0.2) is 38.1 Å². The zero-order chi connectivity index (χ0) is 17.9. The minimum atomic E-state index is 0.676. The molecular formula is C19H23N5OS. The number of thiazole rings is 1. The number of rotatable bonds is 5. The molecule has 3 aromatic heterocycles. The highest BCUT2D eigenvalue weighted by Crippen LogP contribution is 2.27. The third-order valence-corrected chi connectivity index (χ3v) is 5.82. The first kappa shape index (κ1) is 17.3. The molecule has 0 unspecified atom stereocenters. The van der Waals surface area contributed by atoms with Crippen molar-refractivity contribution >= 4 is 11.3 Å². The van der Waals surface area contributed by atoms with Crippen molar-refractivity contribution in [2.75, 3.05) is 13.1 Å². The van der Waals surface area contributed by atoms with Gasteiger partial charge in [0.05, 0.1) is 23.5 Å². The number of nitrogens with zero attached hydrogens (tertiary/aromatic N) is 5. The van der Waals surface area contributed by atoms with E-state index in [4.69, 9.17) is 4.52 Å². The zero-order valence-electron chi connectivity index (χ0n) is 15.2. The zero-order valence-corrected chi connectivity index (χ0v) is 16.0. The van der Waals surface area contributed by atoms with Gasteiger partial charge in [-0.3, -0.25) is 4.90 Å². The van der Waals surface area contributed by atoms with Gasteiger partial charge in [0.25, 0.3) is 0 Å². The number of piperidine rings is 1. The minimum absolute atomic E-state index is 0.676.